The molecule has 1 heterocycles. The summed E-state index contributed by atoms with van der Waals surface area (Å²) >= 11 is 3.29. The highest BCUT2D eigenvalue weighted by Gasteiger charge is 2.12. The molecule has 0 atom stereocenters. The van der Waals surface area contributed by atoms with E-state index in [2.05, 4.69) is 26.2 Å². The van der Waals surface area contributed by atoms with Crippen molar-refractivity contribution in [2.75, 3.05) is 31.2 Å². The molecule has 102 valence electrons. The summed E-state index contributed by atoms with van der Waals surface area (Å²) in [6.45, 7) is 3.56. The van der Waals surface area contributed by atoms with E-state index in [0.717, 1.165) is 16.8 Å². The monoisotopic (exact) mass is 335 g/mol. The Morgan fingerprint density at radius 1 is 1.44 bits per heavy atom. The van der Waals surface area contributed by atoms with Gasteiger partial charge in [-0.05, 0) is 34.5 Å². The lowest BCUT2D eigenvalue weighted by molar-refractivity contribution is 0.428. The van der Waals surface area contributed by atoms with Crippen molar-refractivity contribution in [2.45, 2.75) is 13.3 Å². The molecule has 1 rings (SSSR count). The highest BCUT2D eigenvalue weighted by atomic mass is 79.9. The van der Waals surface area contributed by atoms with Gasteiger partial charge in [-0.2, -0.15) is 0 Å². The molecule has 0 spiro atoms. The quantitative estimate of drug-likeness (QED) is 0.610. The number of pyridine rings is 1. The van der Waals surface area contributed by atoms with Crippen molar-refractivity contribution in [3.8, 4) is 0 Å². The third-order valence-corrected chi connectivity index (χ3v) is 4.25. The second kappa shape index (κ2) is 7.06. The molecule has 5 nitrogen and oxygen atoms in total. The number of aromatic nitrogens is 1. The zero-order chi connectivity index (χ0) is 13.6. The standard InChI is InChI=1S/C11H18BrN3O2S/c1-3-15(18(2,16)17)9-5-8-13-11-7-4-6-10(12)14-11/h4,6-7H,3,5,8-9H2,1-2H3,(H,13,14). The van der Waals surface area contributed by atoms with Gasteiger partial charge in [0.1, 0.15) is 10.4 Å². The first-order chi connectivity index (χ1) is 8.43. The zero-order valence-electron chi connectivity index (χ0n) is 10.6. The van der Waals surface area contributed by atoms with Gasteiger partial charge in [0.15, 0.2) is 0 Å². The summed E-state index contributed by atoms with van der Waals surface area (Å²) in [4.78, 5) is 4.23. The lowest BCUT2D eigenvalue weighted by atomic mass is 10.4. The van der Waals surface area contributed by atoms with E-state index in [0.29, 0.717) is 19.6 Å². The minimum atomic E-state index is -3.08. The van der Waals surface area contributed by atoms with Crippen LogP contribution in [-0.4, -0.2) is 43.6 Å². The number of hydrogen-bond donors (Lipinski definition) is 1. The number of nitrogens with zero attached hydrogens (tertiary/aromatic N) is 2. The average molecular weight is 336 g/mol. The summed E-state index contributed by atoms with van der Waals surface area (Å²) in [5.41, 5.74) is 0. The van der Waals surface area contributed by atoms with Gasteiger partial charge in [-0.3, -0.25) is 0 Å². The third kappa shape index (κ3) is 5.32. The van der Waals surface area contributed by atoms with Crippen molar-refractivity contribution in [3.05, 3.63) is 22.8 Å². The Hall–Kier alpha value is -0.660. The molecule has 0 amide bonds. The van der Waals surface area contributed by atoms with Crippen molar-refractivity contribution in [3.63, 3.8) is 0 Å². The normalized spacial score (nSPS) is 11.8. The molecule has 1 aromatic rings. The van der Waals surface area contributed by atoms with Crippen LogP contribution in [0, 0.1) is 0 Å². The number of anilines is 1. The summed E-state index contributed by atoms with van der Waals surface area (Å²) in [6, 6.07) is 5.63. The van der Waals surface area contributed by atoms with Gasteiger partial charge in [-0.25, -0.2) is 17.7 Å². The Morgan fingerprint density at radius 2 is 2.17 bits per heavy atom. The number of hydrogen-bond acceptors (Lipinski definition) is 4. The first-order valence-electron chi connectivity index (χ1n) is 5.75. The molecule has 0 aliphatic heterocycles. The van der Waals surface area contributed by atoms with Gasteiger partial charge in [0.05, 0.1) is 6.26 Å². The Bertz CT molecular complexity index is 479. The first-order valence-corrected chi connectivity index (χ1v) is 8.39. The van der Waals surface area contributed by atoms with Gasteiger partial charge < -0.3 is 5.32 Å². The van der Waals surface area contributed by atoms with Crippen LogP contribution in [0.1, 0.15) is 13.3 Å². The summed E-state index contributed by atoms with van der Waals surface area (Å²) in [7, 11) is -3.08. The number of rotatable bonds is 7. The van der Waals surface area contributed by atoms with E-state index < -0.39 is 10.0 Å². The van der Waals surface area contributed by atoms with E-state index in [1.165, 1.54) is 10.6 Å². The van der Waals surface area contributed by atoms with E-state index in [9.17, 15) is 8.42 Å². The van der Waals surface area contributed by atoms with Crippen LogP contribution in [0.15, 0.2) is 22.8 Å². The van der Waals surface area contributed by atoms with Crippen molar-refractivity contribution in [1.82, 2.24) is 9.29 Å². The zero-order valence-corrected chi connectivity index (χ0v) is 13.0. The van der Waals surface area contributed by atoms with Crippen LogP contribution >= 0.6 is 15.9 Å². The Labute approximate surface area is 117 Å². The lowest BCUT2D eigenvalue weighted by Crippen LogP contribution is -2.31. The van der Waals surface area contributed by atoms with E-state index in [1.54, 1.807) is 0 Å². The summed E-state index contributed by atoms with van der Waals surface area (Å²) < 4.78 is 25.0. The van der Waals surface area contributed by atoms with Crippen molar-refractivity contribution in [2.24, 2.45) is 0 Å². The van der Waals surface area contributed by atoms with Gasteiger partial charge in [0.25, 0.3) is 0 Å². The molecule has 1 aromatic heterocycles. The molecule has 0 bridgehead atoms. The third-order valence-electron chi connectivity index (χ3n) is 2.43. The van der Waals surface area contributed by atoms with Gasteiger partial charge in [0, 0.05) is 19.6 Å². The van der Waals surface area contributed by atoms with Gasteiger partial charge >= 0.3 is 0 Å². The topological polar surface area (TPSA) is 62.3 Å². The maximum Gasteiger partial charge on any atom is 0.211 e. The fourth-order valence-electron chi connectivity index (χ4n) is 1.54. The van der Waals surface area contributed by atoms with Crippen LogP contribution in [0.3, 0.4) is 0 Å². The van der Waals surface area contributed by atoms with E-state index in [1.807, 2.05) is 25.1 Å². The molecular formula is C11H18BrN3O2S. The average Bonchev–Trinajstić information content (AvgIpc) is 2.27. The van der Waals surface area contributed by atoms with Crippen LogP contribution in [0.4, 0.5) is 5.82 Å². The maximum atomic E-state index is 11.4. The second-order valence-electron chi connectivity index (χ2n) is 3.88. The lowest BCUT2D eigenvalue weighted by Gasteiger charge is -2.17. The highest BCUT2D eigenvalue weighted by molar-refractivity contribution is 9.10. The molecule has 0 saturated carbocycles. The largest absolute Gasteiger partial charge is 0.370 e. The Morgan fingerprint density at radius 3 is 2.72 bits per heavy atom. The predicted octanol–water partition coefficient (Wildman–Crippen LogP) is 1.93. The van der Waals surface area contributed by atoms with E-state index in [4.69, 9.17) is 0 Å². The highest BCUT2D eigenvalue weighted by Crippen LogP contribution is 2.10. The first kappa shape index (κ1) is 15.4. The smallest absolute Gasteiger partial charge is 0.211 e. The van der Waals surface area contributed by atoms with Crippen molar-refractivity contribution < 1.29 is 8.42 Å². The van der Waals surface area contributed by atoms with Crippen molar-refractivity contribution >= 4 is 31.8 Å². The molecule has 7 heteroatoms. The van der Waals surface area contributed by atoms with Crippen LogP contribution in [0.2, 0.25) is 0 Å². The van der Waals surface area contributed by atoms with Gasteiger partial charge in [-0.15, -0.1) is 0 Å². The van der Waals surface area contributed by atoms with Crippen LogP contribution < -0.4 is 5.32 Å². The molecule has 0 fully saturated rings. The molecule has 0 aromatic carbocycles. The summed E-state index contributed by atoms with van der Waals surface area (Å²) in [5, 5.41) is 3.15. The molecule has 0 saturated heterocycles. The second-order valence-corrected chi connectivity index (χ2v) is 6.68. The molecule has 0 aliphatic carbocycles. The molecular weight excluding hydrogens is 318 g/mol. The number of halogens is 1. The van der Waals surface area contributed by atoms with Crippen molar-refractivity contribution in [1.29, 1.82) is 0 Å². The molecule has 0 unspecified atom stereocenters. The minimum Gasteiger partial charge on any atom is -0.370 e. The minimum absolute atomic E-state index is 0.508. The summed E-state index contributed by atoms with van der Waals surface area (Å²) in [6.07, 6.45) is 1.98. The SMILES string of the molecule is CCN(CCCNc1cccc(Br)n1)S(C)(=O)=O. The molecule has 0 radical (unpaired) electrons. The molecule has 0 aliphatic rings. The van der Waals surface area contributed by atoms with Crippen LogP contribution in [0.25, 0.3) is 0 Å². The molecule has 18 heavy (non-hydrogen) atoms. The number of nitrogens with one attached hydrogen (secondary N) is 1. The summed E-state index contributed by atoms with van der Waals surface area (Å²) in [5.74, 6) is 0.784. The Kier molecular flexibility index (Phi) is 6.04. The Balaban J connectivity index is 2.35. The fourth-order valence-corrected chi connectivity index (χ4v) is 2.81. The molecule has 1 N–H and O–H groups in total. The van der Waals surface area contributed by atoms with Gasteiger partial charge in [-0.1, -0.05) is 13.0 Å². The van der Waals surface area contributed by atoms with Crippen LogP contribution in [0.5, 0.6) is 0 Å². The maximum absolute atomic E-state index is 11.4. The van der Waals surface area contributed by atoms with Crippen LogP contribution in [-0.2, 0) is 10.0 Å². The fraction of sp³-hybridized carbons (Fsp3) is 0.545. The van der Waals surface area contributed by atoms with E-state index >= 15 is 0 Å². The van der Waals surface area contributed by atoms with E-state index in [-0.39, 0.29) is 0 Å². The number of sulfonamides is 1. The van der Waals surface area contributed by atoms with Gasteiger partial charge in [0.2, 0.25) is 10.0 Å². The predicted molar refractivity (Wildman–Crippen MR) is 77.1 cm³/mol.